The lowest BCUT2D eigenvalue weighted by Crippen LogP contribution is -1.95. The van der Waals surface area contributed by atoms with E-state index >= 15 is 0 Å². The summed E-state index contributed by atoms with van der Waals surface area (Å²) in [7, 11) is 1.59. The van der Waals surface area contributed by atoms with Gasteiger partial charge in [-0.15, -0.1) is 0 Å². The van der Waals surface area contributed by atoms with Crippen LogP contribution in [0.2, 0.25) is 0 Å². The highest BCUT2D eigenvalue weighted by atomic mass is 16.5. The Kier molecular flexibility index (Phi) is 3.97. The number of pyridine rings is 1. The predicted molar refractivity (Wildman–Crippen MR) is 88.1 cm³/mol. The first-order valence-electron chi connectivity index (χ1n) is 6.98. The SMILES string of the molecule is COc1cccc(C(=O)/C=C/c2ccnc3ccccc23)c1. The molecule has 0 fully saturated rings. The zero-order valence-corrected chi connectivity index (χ0v) is 12.2. The topological polar surface area (TPSA) is 39.2 Å². The molecule has 22 heavy (non-hydrogen) atoms. The van der Waals surface area contributed by atoms with Crippen molar-refractivity contribution in [1.29, 1.82) is 0 Å². The van der Waals surface area contributed by atoms with Crippen molar-refractivity contribution < 1.29 is 9.53 Å². The van der Waals surface area contributed by atoms with Crippen LogP contribution in [0.1, 0.15) is 15.9 Å². The van der Waals surface area contributed by atoms with E-state index < -0.39 is 0 Å². The number of allylic oxidation sites excluding steroid dienone is 1. The second-order valence-electron chi connectivity index (χ2n) is 4.85. The van der Waals surface area contributed by atoms with E-state index in [0.717, 1.165) is 16.5 Å². The number of hydrogen-bond acceptors (Lipinski definition) is 3. The lowest BCUT2D eigenvalue weighted by Gasteiger charge is -2.02. The third-order valence-corrected chi connectivity index (χ3v) is 3.45. The molecule has 0 saturated heterocycles. The van der Waals surface area contributed by atoms with Gasteiger partial charge in [0, 0.05) is 17.1 Å². The van der Waals surface area contributed by atoms with Crippen LogP contribution in [-0.4, -0.2) is 17.9 Å². The Hall–Kier alpha value is -2.94. The van der Waals surface area contributed by atoms with Crippen molar-refractivity contribution in [2.45, 2.75) is 0 Å². The molecule has 2 aromatic carbocycles. The molecule has 0 atom stereocenters. The summed E-state index contributed by atoms with van der Waals surface area (Å²) in [6, 6.07) is 16.9. The molecular weight excluding hydrogens is 274 g/mol. The van der Waals surface area contributed by atoms with Gasteiger partial charge in [0.1, 0.15) is 5.75 Å². The van der Waals surface area contributed by atoms with Crippen molar-refractivity contribution in [2.75, 3.05) is 7.11 Å². The van der Waals surface area contributed by atoms with Crippen molar-refractivity contribution >= 4 is 22.8 Å². The smallest absolute Gasteiger partial charge is 0.185 e. The number of hydrogen-bond donors (Lipinski definition) is 0. The zero-order valence-electron chi connectivity index (χ0n) is 12.2. The Morgan fingerprint density at radius 3 is 2.82 bits per heavy atom. The largest absolute Gasteiger partial charge is 0.497 e. The quantitative estimate of drug-likeness (QED) is 0.535. The van der Waals surface area contributed by atoms with Crippen LogP contribution in [0, 0.1) is 0 Å². The summed E-state index contributed by atoms with van der Waals surface area (Å²) >= 11 is 0. The maximum Gasteiger partial charge on any atom is 0.185 e. The van der Waals surface area contributed by atoms with Gasteiger partial charge in [0.05, 0.1) is 12.6 Å². The van der Waals surface area contributed by atoms with E-state index in [4.69, 9.17) is 4.74 Å². The summed E-state index contributed by atoms with van der Waals surface area (Å²) in [6.45, 7) is 0. The summed E-state index contributed by atoms with van der Waals surface area (Å²) in [6.07, 6.45) is 5.15. The molecule has 3 nitrogen and oxygen atoms in total. The van der Waals surface area contributed by atoms with E-state index in [1.807, 2.05) is 48.5 Å². The van der Waals surface area contributed by atoms with Crippen molar-refractivity contribution in [3.63, 3.8) is 0 Å². The molecule has 0 amide bonds. The summed E-state index contributed by atoms with van der Waals surface area (Å²) in [5, 5.41) is 1.03. The number of nitrogens with zero attached hydrogens (tertiary/aromatic N) is 1. The summed E-state index contributed by atoms with van der Waals surface area (Å²) < 4.78 is 5.14. The molecule has 0 radical (unpaired) electrons. The number of ether oxygens (including phenoxy) is 1. The van der Waals surface area contributed by atoms with Gasteiger partial charge in [-0.2, -0.15) is 0 Å². The molecule has 0 saturated carbocycles. The van der Waals surface area contributed by atoms with E-state index in [2.05, 4.69) is 4.98 Å². The number of methoxy groups -OCH3 is 1. The normalized spacial score (nSPS) is 11.0. The highest BCUT2D eigenvalue weighted by molar-refractivity contribution is 6.07. The third-order valence-electron chi connectivity index (χ3n) is 3.45. The Morgan fingerprint density at radius 1 is 1.09 bits per heavy atom. The highest BCUT2D eigenvalue weighted by Crippen LogP contribution is 2.18. The number of ketones is 1. The van der Waals surface area contributed by atoms with Gasteiger partial charge in [-0.05, 0) is 35.9 Å². The van der Waals surface area contributed by atoms with Crippen molar-refractivity contribution in [3.8, 4) is 5.75 Å². The standard InChI is InChI=1S/C19H15NO2/c1-22-16-6-4-5-15(13-16)19(21)10-9-14-11-12-20-18-8-3-2-7-17(14)18/h2-13H,1H3/b10-9+. The lowest BCUT2D eigenvalue weighted by atomic mass is 10.1. The average Bonchev–Trinajstić information content (AvgIpc) is 2.59. The van der Waals surface area contributed by atoms with E-state index in [9.17, 15) is 4.79 Å². The Bertz CT molecular complexity index is 847. The van der Waals surface area contributed by atoms with Crippen molar-refractivity contribution in [2.24, 2.45) is 0 Å². The van der Waals surface area contributed by atoms with Crippen LogP contribution in [0.15, 0.2) is 66.9 Å². The summed E-state index contributed by atoms with van der Waals surface area (Å²) in [5.74, 6) is 0.619. The van der Waals surface area contributed by atoms with E-state index in [-0.39, 0.29) is 5.78 Å². The first-order chi connectivity index (χ1) is 10.8. The lowest BCUT2D eigenvalue weighted by molar-refractivity contribution is 0.104. The minimum Gasteiger partial charge on any atom is -0.497 e. The van der Waals surface area contributed by atoms with Gasteiger partial charge in [-0.25, -0.2) is 0 Å². The monoisotopic (exact) mass is 289 g/mol. The molecule has 0 N–H and O–H groups in total. The first kappa shape index (κ1) is 14.0. The van der Waals surface area contributed by atoms with Crippen LogP contribution in [0.4, 0.5) is 0 Å². The number of aromatic nitrogens is 1. The van der Waals surface area contributed by atoms with Crippen LogP contribution in [-0.2, 0) is 0 Å². The van der Waals surface area contributed by atoms with Crippen LogP contribution in [0.3, 0.4) is 0 Å². The molecule has 1 aromatic heterocycles. The van der Waals surface area contributed by atoms with E-state index in [1.54, 1.807) is 31.5 Å². The summed E-state index contributed by atoms with van der Waals surface area (Å²) in [4.78, 5) is 16.6. The van der Waals surface area contributed by atoms with Crippen molar-refractivity contribution in [3.05, 3.63) is 78.0 Å². The van der Waals surface area contributed by atoms with Gasteiger partial charge < -0.3 is 4.74 Å². The number of carbonyl (C=O) groups excluding carboxylic acids is 1. The minimum absolute atomic E-state index is 0.0557. The molecule has 0 unspecified atom stereocenters. The Balaban J connectivity index is 1.90. The number of carbonyl (C=O) groups is 1. The van der Waals surface area contributed by atoms with Crippen LogP contribution < -0.4 is 4.74 Å². The molecule has 0 bridgehead atoms. The van der Waals surface area contributed by atoms with Gasteiger partial charge in [-0.3, -0.25) is 9.78 Å². The van der Waals surface area contributed by atoms with Gasteiger partial charge >= 0.3 is 0 Å². The zero-order chi connectivity index (χ0) is 15.4. The van der Waals surface area contributed by atoms with E-state index in [0.29, 0.717) is 11.3 Å². The van der Waals surface area contributed by atoms with Gasteiger partial charge in [0.15, 0.2) is 5.78 Å². The van der Waals surface area contributed by atoms with Gasteiger partial charge in [0.2, 0.25) is 0 Å². The second-order valence-corrected chi connectivity index (χ2v) is 4.85. The fourth-order valence-electron chi connectivity index (χ4n) is 2.30. The third kappa shape index (κ3) is 2.88. The molecule has 3 aromatic rings. The Morgan fingerprint density at radius 2 is 1.95 bits per heavy atom. The van der Waals surface area contributed by atoms with Gasteiger partial charge in [0.25, 0.3) is 0 Å². The second kappa shape index (κ2) is 6.22. The minimum atomic E-state index is -0.0557. The van der Waals surface area contributed by atoms with Crippen LogP contribution in [0.5, 0.6) is 5.75 Å². The molecule has 3 heteroatoms. The van der Waals surface area contributed by atoms with E-state index in [1.165, 1.54) is 0 Å². The molecule has 0 spiro atoms. The van der Waals surface area contributed by atoms with Gasteiger partial charge in [-0.1, -0.05) is 36.4 Å². The summed E-state index contributed by atoms with van der Waals surface area (Å²) in [5.41, 5.74) is 2.49. The first-order valence-corrected chi connectivity index (χ1v) is 6.98. The predicted octanol–water partition coefficient (Wildman–Crippen LogP) is 4.14. The average molecular weight is 289 g/mol. The van der Waals surface area contributed by atoms with Crippen LogP contribution >= 0.6 is 0 Å². The van der Waals surface area contributed by atoms with Crippen molar-refractivity contribution in [1.82, 2.24) is 4.98 Å². The molecule has 0 aliphatic carbocycles. The number of fused-ring (bicyclic) bond motifs is 1. The molecular formula is C19H15NO2. The molecule has 0 aliphatic rings. The molecule has 0 aliphatic heterocycles. The molecule has 3 rings (SSSR count). The fourth-order valence-corrected chi connectivity index (χ4v) is 2.30. The fraction of sp³-hybridized carbons (Fsp3) is 0.0526. The number of para-hydroxylation sites is 1. The maximum absolute atomic E-state index is 12.3. The number of rotatable bonds is 4. The Labute approximate surface area is 128 Å². The highest BCUT2D eigenvalue weighted by Gasteiger charge is 2.04. The van der Waals surface area contributed by atoms with Crippen LogP contribution in [0.25, 0.3) is 17.0 Å². The maximum atomic E-state index is 12.3. The number of benzene rings is 2. The molecule has 1 heterocycles. The molecule has 108 valence electrons.